The van der Waals surface area contributed by atoms with Crippen LogP contribution in [-0.4, -0.2) is 54.1 Å². The van der Waals surface area contributed by atoms with Crippen molar-refractivity contribution in [3.05, 3.63) is 36.2 Å². The van der Waals surface area contributed by atoms with E-state index in [0.29, 0.717) is 36.8 Å². The van der Waals surface area contributed by atoms with E-state index in [1.807, 2.05) is 11.4 Å². The fourth-order valence-corrected chi connectivity index (χ4v) is 4.68. The second kappa shape index (κ2) is 7.24. The van der Waals surface area contributed by atoms with Crippen molar-refractivity contribution in [2.24, 2.45) is 0 Å². The number of benzene rings is 1. The van der Waals surface area contributed by atoms with Gasteiger partial charge in [0, 0.05) is 46.7 Å². The molecule has 4 rings (SSSR count). The number of hydrogen-bond donors (Lipinski definition) is 2. The van der Waals surface area contributed by atoms with Crippen LogP contribution in [0.1, 0.15) is 24.5 Å². The first-order valence-corrected chi connectivity index (χ1v) is 11.1. The van der Waals surface area contributed by atoms with E-state index in [1.165, 1.54) is 22.7 Å². The standard InChI is InChI=1S/C19H19F3N4O3S/c1-30(28,29)26-6-4-11(5-7-26)16-9-14-13-8-12(24-18(27)19(20,21)22)2-3-15(13)25-17(14)10-23-16/h2-3,8-11,25H,4-7H2,1H3,(H,24,27). The predicted octanol–water partition coefficient (Wildman–Crippen LogP) is 3.36. The van der Waals surface area contributed by atoms with Gasteiger partial charge in [0.2, 0.25) is 10.0 Å². The molecule has 0 spiro atoms. The Morgan fingerprint density at radius 2 is 1.83 bits per heavy atom. The highest BCUT2D eigenvalue weighted by atomic mass is 32.2. The van der Waals surface area contributed by atoms with Crippen LogP contribution in [0.4, 0.5) is 18.9 Å². The minimum Gasteiger partial charge on any atom is -0.353 e. The molecule has 3 aromatic rings. The summed E-state index contributed by atoms with van der Waals surface area (Å²) < 4.78 is 62.4. The van der Waals surface area contributed by atoms with Crippen molar-refractivity contribution in [3.8, 4) is 0 Å². The molecule has 1 fully saturated rings. The molecular formula is C19H19F3N4O3S. The van der Waals surface area contributed by atoms with Crippen molar-refractivity contribution >= 4 is 43.4 Å². The number of halogens is 3. The first kappa shape index (κ1) is 20.6. The van der Waals surface area contributed by atoms with Crippen LogP contribution in [0.5, 0.6) is 0 Å². The van der Waals surface area contributed by atoms with E-state index in [-0.39, 0.29) is 11.6 Å². The number of carbonyl (C=O) groups excluding carboxylic acids is 1. The van der Waals surface area contributed by atoms with Gasteiger partial charge in [0.05, 0.1) is 18.0 Å². The second-order valence-electron chi connectivity index (χ2n) is 7.43. The Morgan fingerprint density at radius 3 is 2.47 bits per heavy atom. The number of amides is 1. The van der Waals surface area contributed by atoms with E-state index in [2.05, 4.69) is 9.97 Å². The molecule has 0 saturated carbocycles. The van der Waals surface area contributed by atoms with Crippen molar-refractivity contribution in [2.75, 3.05) is 24.7 Å². The summed E-state index contributed by atoms with van der Waals surface area (Å²) in [6.07, 6.45) is -0.824. The van der Waals surface area contributed by atoms with Gasteiger partial charge in [-0.2, -0.15) is 13.2 Å². The zero-order valence-corrected chi connectivity index (χ0v) is 16.8. The highest BCUT2D eigenvalue weighted by molar-refractivity contribution is 7.88. The zero-order valence-electron chi connectivity index (χ0n) is 16.0. The smallest absolute Gasteiger partial charge is 0.353 e. The maximum absolute atomic E-state index is 12.5. The number of nitrogens with one attached hydrogen (secondary N) is 2. The molecule has 2 N–H and O–H groups in total. The zero-order chi connectivity index (χ0) is 21.7. The molecule has 1 aliphatic heterocycles. The Labute approximate surface area is 170 Å². The first-order valence-electron chi connectivity index (χ1n) is 9.27. The van der Waals surface area contributed by atoms with Gasteiger partial charge in [-0.05, 0) is 37.1 Å². The van der Waals surface area contributed by atoms with Crippen molar-refractivity contribution in [1.82, 2.24) is 14.3 Å². The molecule has 30 heavy (non-hydrogen) atoms. The molecule has 11 heteroatoms. The molecule has 7 nitrogen and oxygen atoms in total. The number of hydrogen-bond acceptors (Lipinski definition) is 4. The highest BCUT2D eigenvalue weighted by Gasteiger charge is 2.38. The minimum absolute atomic E-state index is 0.0468. The molecule has 160 valence electrons. The number of alkyl halides is 3. The number of aromatic amines is 1. The molecule has 1 aromatic carbocycles. The molecule has 0 aliphatic carbocycles. The number of nitrogens with zero attached hydrogens (tertiary/aromatic N) is 2. The van der Waals surface area contributed by atoms with Crippen molar-refractivity contribution in [2.45, 2.75) is 24.9 Å². The number of rotatable bonds is 3. The van der Waals surface area contributed by atoms with Gasteiger partial charge in [0.25, 0.3) is 0 Å². The number of aromatic nitrogens is 2. The van der Waals surface area contributed by atoms with Crippen LogP contribution < -0.4 is 5.32 Å². The van der Waals surface area contributed by atoms with E-state index < -0.39 is 22.1 Å². The van der Waals surface area contributed by atoms with Crippen LogP contribution in [0, 0.1) is 0 Å². The summed E-state index contributed by atoms with van der Waals surface area (Å²) in [5.74, 6) is -1.94. The Kier molecular flexibility index (Phi) is 4.97. The SMILES string of the molecule is CS(=O)(=O)N1CCC(c2cc3c(cn2)[nH]c2ccc(NC(=O)C(F)(F)F)cc23)CC1. The third-order valence-electron chi connectivity index (χ3n) is 5.36. The van der Waals surface area contributed by atoms with Crippen molar-refractivity contribution in [1.29, 1.82) is 0 Å². The van der Waals surface area contributed by atoms with Crippen LogP contribution in [0.25, 0.3) is 21.8 Å². The van der Waals surface area contributed by atoms with Crippen molar-refractivity contribution in [3.63, 3.8) is 0 Å². The third kappa shape index (κ3) is 3.99. The van der Waals surface area contributed by atoms with Gasteiger partial charge >= 0.3 is 12.1 Å². The second-order valence-corrected chi connectivity index (χ2v) is 9.41. The quantitative estimate of drug-likeness (QED) is 0.653. The van der Waals surface area contributed by atoms with E-state index in [4.69, 9.17) is 0 Å². The van der Waals surface area contributed by atoms with Crippen molar-refractivity contribution < 1.29 is 26.4 Å². The Balaban J connectivity index is 1.64. The average Bonchev–Trinajstić information content (AvgIpc) is 3.04. The van der Waals surface area contributed by atoms with E-state index in [0.717, 1.165) is 16.6 Å². The number of fused-ring (bicyclic) bond motifs is 3. The van der Waals surface area contributed by atoms with Gasteiger partial charge in [-0.25, -0.2) is 12.7 Å². The van der Waals surface area contributed by atoms with Crippen LogP contribution in [0.3, 0.4) is 0 Å². The first-order chi connectivity index (χ1) is 14.0. The Bertz CT molecular complexity index is 1230. The van der Waals surface area contributed by atoms with Gasteiger partial charge in [0.1, 0.15) is 0 Å². The number of carbonyl (C=O) groups is 1. The van der Waals surface area contributed by atoms with Gasteiger partial charge in [-0.3, -0.25) is 9.78 Å². The van der Waals surface area contributed by atoms with Gasteiger partial charge in [-0.1, -0.05) is 0 Å². The maximum atomic E-state index is 12.5. The number of pyridine rings is 1. The molecular weight excluding hydrogens is 421 g/mol. The van der Waals surface area contributed by atoms with E-state index in [9.17, 15) is 26.4 Å². The predicted molar refractivity (Wildman–Crippen MR) is 107 cm³/mol. The Hall–Kier alpha value is -2.66. The molecule has 1 amide bonds. The largest absolute Gasteiger partial charge is 0.471 e. The summed E-state index contributed by atoms with van der Waals surface area (Å²) in [5.41, 5.74) is 2.29. The number of H-pyrrole nitrogens is 1. The summed E-state index contributed by atoms with van der Waals surface area (Å²) in [6.45, 7) is 0.843. The summed E-state index contributed by atoms with van der Waals surface area (Å²) in [7, 11) is -3.22. The highest BCUT2D eigenvalue weighted by Crippen LogP contribution is 2.33. The van der Waals surface area contributed by atoms with E-state index in [1.54, 1.807) is 12.3 Å². The fraction of sp³-hybridized carbons (Fsp3) is 0.368. The van der Waals surface area contributed by atoms with Crippen LogP contribution in [0.2, 0.25) is 0 Å². The summed E-state index contributed by atoms with van der Waals surface area (Å²) in [5, 5.41) is 3.32. The average molecular weight is 440 g/mol. The van der Waals surface area contributed by atoms with Gasteiger partial charge < -0.3 is 10.3 Å². The van der Waals surface area contributed by atoms with Crippen LogP contribution in [0.15, 0.2) is 30.5 Å². The molecule has 1 saturated heterocycles. The summed E-state index contributed by atoms with van der Waals surface area (Å²) in [4.78, 5) is 18.9. The van der Waals surface area contributed by atoms with E-state index >= 15 is 0 Å². The van der Waals surface area contributed by atoms with Crippen LogP contribution >= 0.6 is 0 Å². The minimum atomic E-state index is -4.97. The molecule has 2 aromatic heterocycles. The number of piperidine rings is 1. The summed E-state index contributed by atoms with van der Waals surface area (Å²) >= 11 is 0. The number of sulfonamides is 1. The lowest BCUT2D eigenvalue weighted by atomic mass is 9.93. The lowest BCUT2D eigenvalue weighted by Gasteiger charge is -2.29. The normalized spacial score (nSPS) is 16.9. The van der Waals surface area contributed by atoms with Gasteiger partial charge in [0.15, 0.2) is 0 Å². The maximum Gasteiger partial charge on any atom is 0.471 e. The molecule has 3 heterocycles. The molecule has 0 unspecified atom stereocenters. The number of anilines is 1. The molecule has 1 aliphatic rings. The fourth-order valence-electron chi connectivity index (χ4n) is 3.80. The van der Waals surface area contributed by atoms with Gasteiger partial charge in [-0.15, -0.1) is 0 Å². The lowest BCUT2D eigenvalue weighted by Crippen LogP contribution is -2.37. The third-order valence-corrected chi connectivity index (χ3v) is 6.66. The molecule has 0 radical (unpaired) electrons. The topological polar surface area (TPSA) is 95.2 Å². The monoisotopic (exact) mass is 440 g/mol. The molecule has 0 atom stereocenters. The summed E-state index contributed by atoms with van der Waals surface area (Å²) in [6, 6.07) is 6.38. The Morgan fingerprint density at radius 1 is 1.17 bits per heavy atom. The lowest BCUT2D eigenvalue weighted by molar-refractivity contribution is -0.167. The van der Waals surface area contributed by atoms with Crippen LogP contribution in [-0.2, 0) is 14.8 Å². The molecule has 0 bridgehead atoms.